The van der Waals surface area contributed by atoms with E-state index >= 15 is 0 Å². The van der Waals surface area contributed by atoms with E-state index in [2.05, 4.69) is 5.32 Å². The molecule has 0 saturated heterocycles. The molecular formula is C22H14N2O5. The molecule has 7 nitrogen and oxygen atoms in total. The van der Waals surface area contributed by atoms with Gasteiger partial charge < -0.3 is 5.32 Å². The molecule has 7 heteroatoms. The Morgan fingerprint density at radius 2 is 1.48 bits per heavy atom. The first-order chi connectivity index (χ1) is 13.9. The predicted octanol–water partition coefficient (Wildman–Crippen LogP) is 3.93. The number of nitro groups is 1. The molecule has 0 aromatic heterocycles. The molecule has 0 unspecified atom stereocenters. The number of carbonyl (C=O) groups is 3. The molecule has 0 aliphatic heterocycles. The minimum absolute atomic E-state index is 0.117. The average molecular weight is 386 g/mol. The molecule has 1 amide bonds. The number of nitrogens with one attached hydrogen (secondary N) is 1. The molecule has 1 aliphatic carbocycles. The van der Waals surface area contributed by atoms with Crippen molar-refractivity contribution in [2.75, 3.05) is 5.32 Å². The van der Waals surface area contributed by atoms with Gasteiger partial charge in [0.25, 0.3) is 11.6 Å². The Morgan fingerprint density at radius 1 is 0.862 bits per heavy atom. The summed E-state index contributed by atoms with van der Waals surface area (Å²) in [5.41, 5.74) is 1.27. The number of hydrogen-bond acceptors (Lipinski definition) is 5. The summed E-state index contributed by atoms with van der Waals surface area (Å²) in [6.07, 6.45) is 0. The maximum atomic E-state index is 13.0. The number of hydrogen-bond donors (Lipinski definition) is 1. The largest absolute Gasteiger partial charge is 0.321 e. The molecule has 0 heterocycles. The molecule has 3 aromatic rings. The standard InChI is InChI=1S/C22H14N2O5/c1-12-13(8-5-11-18(12)24(28)29)22(27)23-17-10-4-9-16-19(17)21(26)15-7-3-2-6-14(15)20(16)25/h2-11H,1H3,(H,23,27). The number of amides is 1. The fraction of sp³-hybridized carbons (Fsp3) is 0.0455. The zero-order chi connectivity index (χ0) is 20.7. The third-order valence-corrected chi connectivity index (χ3v) is 4.95. The van der Waals surface area contributed by atoms with Crippen LogP contribution < -0.4 is 5.32 Å². The van der Waals surface area contributed by atoms with Crippen molar-refractivity contribution in [3.63, 3.8) is 0 Å². The van der Waals surface area contributed by atoms with Crippen molar-refractivity contribution in [2.45, 2.75) is 6.92 Å². The second kappa shape index (κ2) is 6.79. The first-order valence-corrected chi connectivity index (χ1v) is 8.77. The quantitative estimate of drug-likeness (QED) is 0.424. The van der Waals surface area contributed by atoms with Gasteiger partial charge in [-0.3, -0.25) is 24.5 Å². The van der Waals surface area contributed by atoms with E-state index < -0.39 is 10.8 Å². The number of benzene rings is 3. The van der Waals surface area contributed by atoms with E-state index in [0.717, 1.165) is 0 Å². The monoisotopic (exact) mass is 386 g/mol. The summed E-state index contributed by atoms with van der Waals surface area (Å²) < 4.78 is 0. The van der Waals surface area contributed by atoms with Crippen LogP contribution in [0.3, 0.4) is 0 Å². The summed E-state index contributed by atoms with van der Waals surface area (Å²) in [4.78, 5) is 49.2. The third kappa shape index (κ3) is 2.89. The van der Waals surface area contributed by atoms with Gasteiger partial charge in [0.15, 0.2) is 11.6 Å². The molecule has 4 rings (SSSR count). The van der Waals surface area contributed by atoms with Gasteiger partial charge in [0, 0.05) is 33.9 Å². The number of carbonyl (C=O) groups excluding carboxylic acids is 3. The van der Waals surface area contributed by atoms with Crippen molar-refractivity contribution in [2.24, 2.45) is 0 Å². The number of nitro benzene ring substituents is 1. The van der Waals surface area contributed by atoms with E-state index in [9.17, 15) is 24.5 Å². The molecule has 0 atom stereocenters. The highest BCUT2D eigenvalue weighted by atomic mass is 16.6. The van der Waals surface area contributed by atoms with Gasteiger partial charge in [-0.25, -0.2) is 0 Å². The van der Waals surface area contributed by atoms with Gasteiger partial charge in [-0.15, -0.1) is 0 Å². The molecule has 1 aliphatic rings. The second-order valence-corrected chi connectivity index (χ2v) is 6.59. The maximum absolute atomic E-state index is 13.0. The third-order valence-electron chi connectivity index (χ3n) is 4.95. The van der Waals surface area contributed by atoms with Crippen LogP contribution in [0, 0.1) is 17.0 Å². The van der Waals surface area contributed by atoms with E-state index in [1.165, 1.54) is 31.2 Å². The number of nitrogens with zero attached hydrogens (tertiary/aromatic N) is 1. The van der Waals surface area contributed by atoms with Crippen molar-refractivity contribution in [3.05, 3.63) is 104 Å². The van der Waals surface area contributed by atoms with Crippen LogP contribution in [0.25, 0.3) is 0 Å². The lowest BCUT2D eigenvalue weighted by Gasteiger charge is -2.20. The second-order valence-electron chi connectivity index (χ2n) is 6.59. The minimum atomic E-state index is -0.598. The van der Waals surface area contributed by atoms with Crippen LogP contribution in [0.1, 0.15) is 47.8 Å². The molecule has 29 heavy (non-hydrogen) atoms. The Labute approximate surface area is 165 Å². The lowest BCUT2D eigenvalue weighted by molar-refractivity contribution is -0.385. The fourth-order valence-corrected chi connectivity index (χ4v) is 3.51. The van der Waals surface area contributed by atoms with E-state index in [-0.39, 0.29) is 50.8 Å². The van der Waals surface area contributed by atoms with Gasteiger partial charge >= 0.3 is 0 Å². The van der Waals surface area contributed by atoms with Gasteiger partial charge in [-0.05, 0) is 19.1 Å². The number of ketones is 2. The van der Waals surface area contributed by atoms with Gasteiger partial charge in [-0.2, -0.15) is 0 Å². The Balaban J connectivity index is 1.77. The Hall–Kier alpha value is -4.13. The van der Waals surface area contributed by atoms with Crippen molar-refractivity contribution in [3.8, 4) is 0 Å². The van der Waals surface area contributed by atoms with Crippen LogP contribution in [-0.2, 0) is 0 Å². The van der Waals surface area contributed by atoms with Crippen molar-refractivity contribution in [1.29, 1.82) is 0 Å². The smallest absolute Gasteiger partial charge is 0.273 e. The molecule has 0 radical (unpaired) electrons. The lowest BCUT2D eigenvalue weighted by Crippen LogP contribution is -2.24. The topological polar surface area (TPSA) is 106 Å². The zero-order valence-corrected chi connectivity index (χ0v) is 15.3. The van der Waals surface area contributed by atoms with Crippen LogP contribution in [0.4, 0.5) is 11.4 Å². The first-order valence-electron chi connectivity index (χ1n) is 8.77. The van der Waals surface area contributed by atoms with E-state index in [0.29, 0.717) is 5.56 Å². The summed E-state index contributed by atoms with van der Waals surface area (Å²) in [6, 6.07) is 15.4. The number of fused-ring (bicyclic) bond motifs is 2. The number of rotatable bonds is 3. The average Bonchev–Trinajstić information content (AvgIpc) is 2.71. The van der Waals surface area contributed by atoms with Gasteiger partial charge in [0.2, 0.25) is 0 Å². The van der Waals surface area contributed by atoms with Crippen LogP contribution in [0.2, 0.25) is 0 Å². The Morgan fingerprint density at radius 3 is 2.17 bits per heavy atom. The van der Waals surface area contributed by atoms with E-state index in [1.807, 2.05) is 0 Å². The van der Waals surface area contributed by atoms with Crippen molar-refractivity contribution in [1.82, 2.24) is 0 Å². The highest BCUT2D eigenvalue weighted by molar-refractivity contribution is 6.30. The minimum Gasteiger partial charge on any atom is -0.321 e. The molecule has 0 spiro atoms. The molecule has 0 saturated carbocycles. The predicted molar refractivity (Wildman–Crippen MR) is 106 cm³/mol. The number of anilines is 1. The van der Waals surface area contributed by atoms with Gasteiger partial charge in [0.05, 0.1) is 16.2 Å². The van der Waals surface area contributed by atoms with Gasteiger partial charge in [0.1, 0.15) is 0 Å². The summed E-state index contributed by atoms with van der Waals surface area (Å²) in [7, 11) is 0. The molecule has 1 N–H and O–H groups in total. The first kappa shape index (κ1) is 18.2. The van der Waals surface area contributed by atoms with Crippen molar-refractivity contribution < 1.29 is 19.3 Å². The van der Waals surface area contributed by atoms with E-state index in [1.54, 1.807) is 36.4 Å². The van der Waals surface area contributed by atoms with Crippen LogP contribution in [0.15, 0.2) is 60.7 Å². The highest BCUT2D eigenvalue weighted by Crippen LogP contribution is 2.32. The summed E-state index contributed by atoms with van der Waals surface area (Å²) in [6.45, 7) is 1.48. The molecular weight excluding hydrogens is 372 g/mol. The SMILES string of the molecule is Cc1c(C(=O)Nc2cccc3c2C(=O)c2ccccc2C3=O)cccc1[N+](=O)[O-]. The summed E-state index contributed by atoms with van der Waals surface area (Å²) in [5, 5.41) is 13.8. The van der Waals surface area contributed by atoms with Crippen LogP contribution in [0.5, 0.6) is 0 Å². The normalized spacial score (nSPS) is 12.2. The van der Waals surface area contributed by atoms with Gasteiger partial charge in [-0.1, -0.05) is 42.5 Å². The van der Waals surface area contributed by atoms with E-state index in [4.69, 9.17) is 0 Å². The van der Waals surface area contributed by atoms with Crippen LogP contribution in [-0.4, -0.2) is 22.4 Å². The molecule has 0 bridgehead atoms. The van der Waals surface area contributed by atoms with Crippen molar-refractivity contribution >= 4 is 28.8 Å². The Kier molecular flexibility index (Phi) is 4.27. The molecule has 142 valence electrons. The molecule has 3 aromatic carbocycles. The summed E-state index contributed by atoms with van der Waals surface area (Å²) >= 11 is 0. The molecule has 0 fully saturated rings. The summed E-state index contributed by atoms with van der Waals surface area (Å²) in [5.74, 6) is -1.25. The Bertz CT molecular complexity index is 1230. The zero-order valence-electron chi connectivity index (χ0n) is 15.3. The highest BCUT2D eigenvalue weighted by Gasteiger charge is 2.32. The fourth-order valence-electron chi connectivity index (χ4n) is 3.51. The lowest BCUT2D eigenvalue weighted by atomic mass is 9.83. The maximum Gasteiger partial charge on any atom is 0.273 e. The van der Waals surface area contributed by atoms with Crippen LogP contribution >= 0.6 is 0 Å².